The van der Waals surface area contributed by atoms with Crippen molar-refractivity contribution in [2.45, 2.75) is 12.8 Å². The van der Waals surface area contributed by atoms with Crippen molar-refractivity contribution in [3.63, 3.8) is 0 Å². The van der Waals surface area contributed by atoms with E-state index in [2.05, 4.69) is 12.2 Å². The van der Waals surface area contributed by atoms with Crippen LogP contribution < -0.4 is 4.90 Å². The Morgan fingerprint density at radius 3 is 2.00 bits per heavy atom. The highest BCUT2D eigenvalue weighted by Crippen LogP contribution is 2.50. The van der Waals surface area contributed by atoms with Crippen LogP contribution in [0.2, 0.25) is 0 Å². The number of fused-ring (bicyclic) bond motifs is 1. The molecule has 3 nitrogen and oxygen atoms in total. The number of benzene rings is 1. The number of para-hydroxylation sites is 1. The van der Waals surface area contributed by atoms with Crippen LogP contribution in [0.15, 0.2) is 36.4 Å². The molecule has 5 rings (SSSR count). The van der Waals surface area contributed by atoms with Gasteiger partial charge in [-0.1, -0.05) is 24.3 Å². The van der Waals surface area contributed by atoms with Gasteiger partial charge in [0.15, 0.2) is 0 Å². The van der Waals surface area contributed by atoms with Crippen LogP contribution in [0.5, 0.6) is 0 Å². The van der Waals surface area contributed by atoms with Gasteiger partial charge in [-0.3, -0.25) is 9.59 Å². The van der Waals surface area contributed by atoms with E-state index in [1.807, 2.05) is 0 Å². The Kier molecular flexibility index (Phi) is 2.37. The number of carbonyl (C=O) groups is 2. The van der Waals surface area contributed by atoms with Crippen molar-refractivity contribution < 1.29 is 14.0 Å². The summed E-state index contributed by atoms with van der Waals surface area (Å²) in [7, 11) is 0. The number of halogens is 1. The van der Waals surface area contributed by atoms with Crippen LogP contribution in [0.3, 0.4) is 0 Å². The third kappa shape index (κ3) is 1.39. The summed E-state index contributed by atoms with van der Waals surface area (Å²) >= 11 is 0. The summed E-state index contributed by atoms with van der Waals surface area (Å²) in [6.45, 7) is 0. The van der Waals surface area contributed by atoms with Crippen molar-refractivity contribution in [1.82, 2.24) is 0 Å². The number of rotatable bonds is 1. The van der Waals surface area contributed by atoms with E-state index in [9.17, 15) is 14.0 Å². The standard InChI is InChI=1S/C16H14FNO2/c17-11-3-1-2-4-12(11)18-15(19)13-9-5-6-10(8-7-9)14(13)16(18)20/h1-6,9-10,13-14H,7-8H2/t9-,10+,13-,14-/m0/s1. The Labute approximate surface area is 116 Å². The molecule has 1 aromatic carbocycles. The molecule has 1 heterocycles. The van der Waals surface area contributed by atoms with Crippen molar-refractivity contribution in [2.24, 2.45) is 23.7 Å². The second kappa shape index (κ2) is 4.01. The van der Waals surface area contributed by atoms with Gasteiger partial charge in [0.25, 0.3) is 0 Å². The van der Waals surface area contributed by atoms with Crippen LogP contribution in [0, 0.1) is 29.5 Å². The van der Waals surface area contributed by atoms with Gasteiger partial charge >= 0.3 is 0 Å². The Morgan fingerprint density at radius 1 is 0.950 bits per heavy atom. The topological polar surface area (TPSA) is 37.4 Å². The quantitative estimate of drug-likeness (QED) is 0.581. The minimum atomic E-state index is -0.520. The zero-order valence-corrected chi connectivity index (χ0v) is 10.8. The fourth-order valence-corrected chi connectivity index (χ4v) is 3.94. The number of nitrogens with zero attached hydrogens (tertiary/aromatic N) is 1. The minimum Gasteiger partial charge on any atom is -0.274 e. The van der Waals surface area contributed by atoms with Crippen molar-refractivity contribution in [1.29, 1.82) is 0 Å². The van der Waals surface area contributed by atoms with Crippen molar-refractivity contribution in [3.8, 4) is 0 Å². The zero-order chi connectivity index (χ0) is 13.9. The van der Waals surface area contributed by atoms with E-state index in [0.717, 1.165) is 17.7 Å². The maximum Gasteiger partial charge on any atom is 0.238 e. The first-order chi connectivity index (χ1) is 9.68. The van der Waals surface area contributed by atoms with Gasteiger partial charge in [-0.05, 0) is 36.8 Å². The first-order valence-electron chi connectivity index (χ1n) is 6.99. The zero-order valence-electron chi connectivity index (χ0n) is 10.8. The monoisotopic (exact) mass is 271 g/mol. The summed E-state index contributed by atoms with van der Waals surface area (Å²) in [6.07, 6.45) is 6.02. The molecule has 2 amide bonds. The molecule has 4 atom stereocenters. The van der Waals surface area contributed by atoms with E-state index in [1.54, 1.807) is 12.1 Å². The molecule has 1 saturated carbocycles. The number of hydrogen-bond acceptors (Lipinski definition) is 2. The van der Waals surface area contributed by atoms with Crippen LogP contribution in [0.1, 0.15) is 12.8 Å². The van der Waals surface area contributed by atoms with Crippen molar-refractivity contribution in [3.05, 3.63) is 42.2 Å². The Balaban J connectivity index is 1.80. The normalized spacial score (nSPS) is 34.8. The predicted octanol–water partition coefficient (Wildman–Crippen LogP) is 2.53. The SMILES string of the molecule is O=C1[C@@H]2[C@@H](C(=O)N1c1ccccc1F)[C@H]1C=C[C@@H]2CC1. The highest BCUT2D eigenvalue weighted by Gasteiger charge is 2.57. The molecule has 2 fully saturated rings. The Hall–Kier alpha value is -1.97. The molecule has 3 aliphatic carbocycles. The molecular formula is C16H14FNO2. The highest BCUT2D eigenvalue weighted by molar-refractivity contribution is 6.22. The molecule has 0 aromatic heterocycles. The maximum atomic E-state index is 13.9. The van der Waals surface area contributed by atoms with E-state index in [-0.39, 0.29) is 41.2 Å². The Bertz CT molecular complexity index is 607. The number of amides is 2. The maximum absolute atomic E-state index is 13.9. The third-order valence-electron chi connectivity index (χ3n) is 4.85. The van der Waals surface area contributed by atoms with Crippen LogP contribution in [0.25, 0.3) is 0 Å². The molecule has 4 aliphatic rings. The van der Waals surface area contributed by atoms with E-state index >= 15 is 0 Å². The number of allylic oxidation sites excluding steroid dienone is 2. The molecule has 0 N–H and O–H groups in total. The summed E-state index contributed by atoms with van der Waals surface area (Å²) in [6, 6.07) is 5.98. The summed E-state index contributed by atoms with van der Waals surface area (Å²) < 4.78 is 13.9. The number of imide groups is 1. The summed E-state index contributed by atoms with van der Waals surface area (Å²) in [5.41, 5.74) is 0.0938. The molecular weight excluding hydrogens is 257 g/mol. The van der Waals surface area contributed by atoms with Gasteiger partial charge in [-0.15, -0.1) is 0 Å². The fraction of sp³-hybridized carbons (Fsp3) is 0.375. The van der Waals surface area contributed by atoms with Crippen molar-refractivity contribution in [2.75, 3.05) is 4.90 Å². The lowest BCUT2D eigenvalue weighted by molar-refractivity contribution is -0.124. The van der Waals surface area contributed by atoms with Crippen LogP contribution in [-0.2, 0) is 9.59 Å². The second-order valence-electron chi connectivity index (χ2n) is 5.80. The molecule has 2 bridgehead atoms. The minimum absolute atomic E-state index is 0.0938. The summed E-state index contributed by atoms with van der Waals surface area (Å²) in [5, 5.41) is 0. The molecule has 102 valence electrons. The average Bonchev–Trinajstić information content (AvgIpc) is 2.75. The largest absolute Gasteiger partial charge is 0.274 e. The molecule has 1 aromatic rings. The molecule has 1 saturated heterocycles. The number of hydrogen-bond donors (Lipinski definition) is 0. The molecule has 4 heteroatoms. The number of anilines is 1. The van der Waals surface area contributed by atoms with E-state index in [4.69, 9.17) is 0 Å². The van der Waals surface area contributed by atoms with Gasteiger partial charge in [-0.25, -0.2) is 9.29 Å². The summed E-state index contributed by atoms with van der Waals surface area (Å²) in [4.78, 5) is 26.3. The van der Waals surface area contributed by atoms with Gasteiger partial charge < -0.3 is 0 Å². The third-order valence-corrected chi connectivity index (χ3v) is 4.85. The molecule has 0 spiro atoms. The van der Waals surface area contributed by atoms with E-state index in [1.165, 1.54) is 12.1 Å². The van der Waals surface area contributed by atoms with Gasteiger partial charge in [0.1, 0.15) is 5.82 Å². The smallest absolute Gasteiger partial charge is 0.238 e. The summed E-state index contributed by atoms with van der Waals surface area (Å²) in [5.74, 6) is -1.28. The van der Waals surface area contributed by atoms with Crippen LogP contribution >= 0.6 is 0 Å². The van der Waals surface area contributed by atoms with Gasteiger partial charge in [-0.2, -0.15) is 0 Å². The lowest BCUT2D eigenvalue weighted by Crippen LogP contribution is -2.38. The molecule has 1 aliphatic heterocycles. The van der Waals surface area contributed by atoms with Crippen LogP contribution in [-0.4, -0.2) is 11.8 Å². The number of carbonyl (C=O) groups excluding carboxylic acids is 2. The van der Waals surface area contributed by atoms with E-state index in [0.29, 0.717) is 0 Å². The predicted molar refractivity (Wildman–Crippen MR) is 71.2 cm³/mol. The van der Waals surface area contributed by atoms with Gasteiger partial charge in [0.2, 0.25) is 11.8 Å². The fourth-order valence-electron chi connectivity index (χ4n) is 3.94. The lowest BCUT2D eigenvalue weighted by Gasteiger charge is -2.38. The average molecular weight is 271 g/mol. The first-order valence-corrected chi connectivity index (χ1v) is 6.99. The van der Waals surface area contributed by atoms with Crippen LogP contribution in [0.4, 0.5) is 10.1 Å². The van der Waals surface area contributed by atoms with Crippen molar-refractivity contribution >= 4 is 17.5 Å². The molecule has 20 heavy (non-hydrogen) atoms. The molecule has 0 radical (unpaired) electrons. The van der Waals surface area contributed by atoms with Gasteiger partial charge in [0, 0.05) is 0 Å². The lowest BCUT2D eigenvalue weighted by atomic mass is 9.63. The highest BCUT2D eigenvalue weighted by atomic mass is 19.1. The van der Waals surface area contributed by atoms with E-state index < -0.39 is 5.82 Å². The second-order valence-corrected chi connectivity index (χ2v) is 5.80. The van der Waals surface area contributed by atoms with Gasteiger partial charge in [0.05, 0.1) is 17.5 Å². The first kappa shape index (κ1) is 11.8. The Morgan fingerprint density at radius 2 is 1.50 bits per heavy atom. The molecule has 0 unspecified atom stereocenters.